The van der Waals surface area contributed by atoms with Crippen LogP contribution >= 0.6 is 0 Å². The highest BCUT2D eigenvalue weighted by molar-refractivity contribution is 5.34. The smallest absolute Gasteiger partial charge is 0.118 e. The molecule has 2 rings (SSSR count). The number of phenols is 1. The second-order valence-electron chi connectivity index (χ2n) is 3.32. The molecule has 0 saturated heterocycles. The first-order chi connectivity index (χ1) is 6.75. The van der Waals surface area contributed by atoms with Crippen molar-refractivity contribution in [1.29, 1.82) is 0 Å². The van der Waals surface area contributed by atoms with Crippen LogP contribution in [0.5, 0.6) is 5.75 Å². The molecule has 1 aromatic carbocycles. The minimum absolute atomic E-state index is 0.342. The monoisotopic (exact) mass is 188 g/mol. The third-order valence-electron chi connectivity index (χ3n) is 2.16. The molecule has 0 aliphatic heterocycles. The van der Waals surface area contributed by atoms with Crippen molar-refractivity contribution in [2.24, 2.45) is 0 Å². The van der Waals surface area contributed by atoms with Crippen LogP contribution in [0.25, 0.3) is 0 Å². The Labute approximate surface area is 82.6 Å². The Balaban J connectivity index is 2.22. The number of rotatable bonds is 2. The van der Waals surface area contributed by atoms with E-state index in [1.165, 1.54) is 0 Å². The summed E-state index contributed by atoms with van der Waals surface area (Å²) in [6, 6.07) is 7.49. The Hall–Kier alpha value is -1.77. The van der Waals surface area contributed by atoms with Crippen molar-refractivity contribution in [1.82, 2.24) is 9.78 Å². The van der Waals surface area contributed by atoms with E-state index < -0.39 is 0 Å². The number of aryl methyl sites for hydroxylation is 1. The molecule has 0 bridgehead atoms. The van der Waals surface area contributed by atoms with E-state index in [-0.39, 0.29) is 0 Å². The normalized spacial score (nSPS) is 10.4. The number of aromatic nitrogens is 2. The molecule has 3 heteroatoms. The highest BCUT2D eigenvalue weighted by Crippen LogP contribution is 2.17. The lowest BCUT2D eigenvalue weighted by atomic mass is 10.1. The maximum absolute atomic E-state index is 9.35. The zero-order chi connectivity index (χ0) is 9.97. The van der Waals surface area contributed by atoms with Gasteiger partial charge in [0, 0.05) is 12.4 Å². The minimum atomic E-state index is 0.342. The summed E-state index contributed by atoms with van der Waals surface area (Å²) >= 11 is 0. The molecule has 14 heavy (non-hydrogen) atoms. The molecular formula is C11H12N2O. The largest absolute Gasteiger partial charge is 0.508 e. The number of nitrogens with zero attached hydrogens (tertiary/aromatic N) is 2. The molecule has 0 unspecified atom stereocenters. The van der Waals surface area contributed by atoms with E-state index in [1.54, 1.807) is 12.3 Å². The first-order valence-corrected chi connectivity index (χ1v) is 4.51. The average molecular weight is 188 g/mol. The van der Waals surface area contributed by atoms with Crippen molar-refractivity contribution in [3.05, 3.63) is 47.8 Å². The number of hydrogen-bond donors (Lipinski definition) is 1. The van der Waals surface area contributed by atoms with Crippen molar-refractivity contribution in [2.75, 3.05) is 0 Å². The van der Waals surface area contributed by atoms with Gasteiger partial charge in [0.1, 0.15) is 5.75 Å². The first kappa shape index (κ1) is 8.81. The summed E-state index contributed by atoms with van der Waals surface area (Å²) in [6.45, 7) is 2.63. The van der Waals surface area contributed by atoms with Gasteiger partial charge < -0.3 is 5.11 Å². The molecule has 1 N–H and O–H groups in total. The second-order valence-corrected chi connectivity index (χ2v) is 3.32. The Kier molecular flexibility index (Phi) is 2.23. The van der Waals surface area contributed by atoms with E-state index in [0.29, 0.717) is 5.75 Å². The lowest BCUT2D eigenvalue weighted by Crippen LogP contribution is -1.99. The Bertz CT molecular complexity index is 421. The minimum Gasteiger partial charge on any atom is -0.508 e. The van der Waals surface area contributed by atoms with Crippen LogP contribution < -0.4 is 0 Å². The van der Waals surface area contributed by atoms with Gasteiger partial charge in [-0.1, -0.05) is 12.1 Å². The molecule has 0 atom stereocenters. The van der Waals surface area contributed by atoms with Gasteiger partial charge in [0.25, 0.3) is 0 Å². The van der Waals surface area contributed by atoms with Crippen LogP contribution in [-0.2, 0) is 6.54 Å². The molecule has 0 radical (unpaired) electrons. The number of benzene rings is 1. The molecule has 1 heterocycles. The lowest BCUT2D eigenvalue weighted by Gasteiger charge is -2.04. The summed E-state index contributed by atoms with van der Waals surface area (Å²) in [7, 11) is 0. The predicted octanol–water partition coefficient (Wildman–Crippen LogP) is 1.95. The molecule has 2 aromatic rings. The van der Waals surface area contributed by atoms with E-state index >= 15 is 0 Å². The van der Waals surface area contributed by atoms with Gasteiger partial charge in [-0.2, -0.15) is 5.10 Å². The van der Waals surface area contributed by atoms with Crippen LogP contribution in [0.4, 0.5) is 0 Å². The summed E-state index contributed by atoms with van der Waals surface area (Å²) < 4.78 is 1.85. The number of aromatic hydroxyl groups is 1. The van der Waals surface area contributed by atoms with E-state index in [2.05, 4.69) is 5.10 Å². The molecule has 0 aliphatic carbocycles. The Morgan fingerprint density at radius 3 is 2.93 bits per heavy atom. The summed E-state index contributed by atoms with van der Waals surface area (Å²) in [5, 5.41) is 13.5. The average Bonchev–Trinajstić information content (AvgIpc) is 2.64. The van der Waals surface area contributed by atoms with Crippen molar-refractivity contribution < 1.29 is 5.11 Å². The molecule has 3 nitrogen and oxygen atoms in total. The van der Waals surface area contributed by atoms with Crippen molar-refractivity contribution in [3.8, 4) is 5.75 Å². The van der Waals surface area contributed by atoms with Gasteiger partial charge in [-0.3, -0.25) is 4.68 Å². The maximum Gasteiger partial charge on any atom is 0.118 e. The van der Waals surface area contributed by atoms with Crippen LogP contribution in [0.1, 0.15) is 11.1 Å². The third kappa shape index (κ3) is 1.76. The lowest BCUT2D eigenvalue weighted by molar-refractivity contribution is 0.470. The van der Waals surface area contributed by atoms with Gasteiger partial charge in [-0.25, -0.2) is 0 Å². The molecule has 0 fully saturated rings. The van der Waals surface area contributed by atoms with Gasteiger partial charge in [0.05, 0.1) is 6.54 Å². The Morgan fingerprint density at radius 2 is 2.29 bits per heavy atom. The molecule has 72 valence electrons. The molecule has 0 saturated carbocycles. The summed E-state index contributed by atoms with van der Waals surface area (Å²) in [5.74, 6) is 0.342. The number of phenolic OH excluding ortho intramolecular Hbond substituents is 1. The van der Waals surface area contributed by atoms with Gasteiger partial charge in [-0.15, -0.1) is 0 Å². The van der Waals surface area contributed by atoms with Crippen molar-refractivity contribution in [3.63, 3.8) is 0 Å². The van der Waals surface area contributed by atoms with E-state index in [4.69, 9.17) is 0 Å². The SMILES string of the molecule is Cc1cc(Cn2cccn2)ccc1O. The van der Waals surface area contributed by atoms with Gasteiger partial charge in [0.2, 0.25) is 0 Å². The fraction of sp³-hybridized carbons (Fsp3) is 0.182. The topological polar surface area (TPSA) is 38.0 Å². The summed E-state index contributed by atoms with van der Waals surface area (Å²) in [4.78, 5) is 0. The molecule has 0 aliphatic rings. The van der Waals surface area contributed by atoms with Gasteiger partial charge in [-0.05, 0) is 30.2 Å². The van der Waals surface area contributed by atoms with Crippen LogP contribution in [-0.4, -0.2) is 14.9 Å². The molecule has 0 amide bonds. The van der Waals surface area contributed by atoms with Crippen molar-refractivity contribution in [2.45, 2.75) is 13.5 Å². The van der Waals surface area contributed by atoms with Crippen LogP contribution in [0, 0.1) is 6.92 Å². The third-order valence-corrected chi connectivity index (χ3v) is 2.16. The quantitative estimate of drug-likeness (QED) is 0.782. The first-order valence-electron chi connectivity index (χ1n) is 4.51. The molecule has 1 aromatic heterocycles. The van der Waals surface area contributed by atoms with Crippen LogP contribution in [0.3, 0.4) is 0 Å². The van der Waals surface area contributed by atoms with Crippen LogP contribution in [0.15, 0.2) is 36.7 Å². The summed E-state index contributed by atoms with van der Waals surface area (Å²) in [6.07, 6.45) is 3.68. The maximum atomic E-state index is 9.35. The predicted molar refractivity (Wildman–Crippen MR) is 54.2 cm³/mol. The Morgan fingerprint density at radius 1 is 1.43 bits per heavy atom. The highest BCUT2D eigenvalue weighted by Gasteiger charge is 1.98. The van der Waals surface area contributed by atoms with Gasteiger partial charge >= 0.3 is 0 Å². The van der Waals surface area contributed by atoms with E-state index in [0.717, 1.165) is 17.7 Å². The van der Waals surface area contributed by atoms with E-state index in [1.807, 2.05) is 36.0 Å². The standard InChI is InChI=1S/C11H12N2O/c1-9-7-10(3-4-11(9)14)8-13-6-2-5-12-13/h2-7,14H,8H2,1H3. The van der Waals surface area contributed by atoms with Crippen LogP contribution in [0.2, 0.25) is 0 Å². The van der Waals surface area contributed by atoms with E-state index in [9.17, 15) is 5.11 Å². The van der Waals surface area contributed by atoms with Crippen molar-refractivity contribution >= 4 is 0 Å². The summed E-state index contributed by atoms with van der Waals surface area (Å²) in [5.41, 5.74) is 2.04. The fourth-order valence-electron chi connectivity index (χ4n) is 1.40. The fourth-order valence-corrected chi connectivity index (χ4v) is 1.40. The number of hydrogen-bond acceptors (Lipinski definition) is 2. The van der Waals surface area contributed by atoms with Gasteiger partial charge in [0.15, 0.2) is 0 Å². The highest BCUT2D eigenvalue weighted by atomic mass is 16.3. The zero-order valence-electron chi connectivity index (χ0n) is 8.01. The molecular weight excluding hydrogens is 176 g/mol. The zero-order valence-corrected chi connectivity index (χ0v) is 8.01. The molecule has 0 spiro atoms. The second kappa shape index (κ2) is 3.54.